The van der Waals surface area contributed by atoms with Gasteiger partial charge in [0.25, 0.3) is 0 Å². The third kappa shape index (κ3) is 4.08. The molecule has 21 heavy (non-hydrogen) atoms. The molecular weight excluding hydrogens is 260 g/mol. The Hall–Kier alpha value is -2.31. The summed E-state index contributed by atoms with van der Waals surface area (Å²) in [5, 5.41) is 12.3. The van der Waals surface area contributed by atoms with E-state index in [-0.39, 0.29) is 6.04 Å². The second kappa shape index (κ2) is 7.47. The van der Waals surface area contributed by atoms with Gasteiger partial charge < -0.3 is 10.1 Å². The molecule has 2 aromatic carbocycles. The Kier molecular flexibility index (Phi) is 5.36. The summed E-state index contributed by atoms with van der Waals surface area (Å²) >= 11 is 0. The highest BCUT2D eigenvalue weighted by Gasteiger charge is 2.10. The summed E-state index contributed by atoms with van der Waals surface area (Å²) in [7, 11) is 0. The predicted octanol–water partition coefficient (Wildman–Crippen LogP) is 3.81. The summed E-state index contributed by atoms with van der Waals surface area (Å²) in [5.41, 5.74) is 2.81. The number of nitrogens with one attached hydrogen (secondary N) is 1. The van der Waals surface area contributed by atoms with Crippen molar-refractivity contribution in [3.8, 4) is 11.8 Å². The highest BCUT2D eigenvalue weighted by atomic mass is 16.5. The Morgan fingerprint density at radius 1 is 1.19 bits per heavy atom. The van der Waals surface area contributed by atoms with Crippen LogP contribution in [0.5, 0.6) is 5.75 Å². The Morgan fingerprint density at radius 2 is 2.00 bits per heavy atom. The molecule has 1 unspecified atom stereocenters. The van der Waals surface area contributed by atoms with E-state index in [2.05, 4.69) is 31.3 Å². The molecule has 0 aliphatic rings. The fourth-order valence-electron chi connectivity index (χ4n) is 2.28. The van der Waals surface area contributed by atoms with Crippen LogP contribution < -0.4 is 10.1 Å². The Balaban J connectivity index is 2.11. The zero-order valence-electron chi connectivity index (χ0n) is 12.5. The van der Waals surface area contributed by atoms with Gasteiger partial charge in [0.15, 0.2) is 0 Å². The van der Waals surface area contributed by atoms with Gasteiger partial charge in [-0.05, 0) is 37.2 Å². The lowest BCUT2D eigenvalue weighted by Gasteiger charge is -2.17. The third-order valence-corrected chi connectivity index (χ3v) is 3.35. The first-order chi connectivity index (χ1) is 10.2. The maximum atomic E-state index is 8.92. The van der Waals surface area contributed by atoms with Gasteiger partial charge in [-0.3, -0.25) is 0 Å². The molecule has 0 fully saturated rings. The summed E-state index contributed by atoms with van der Waals surface area (Å²) in [6.45, 7) is 5.60. The summed E-state index contributed by atoms with van der Waals surface area (Å²) in [5.74, 6) is 0.883. The van der Waals surface area contributed by atoms with Crippen LogP contribution >= 0.6 is 0 Å². The van der Waals surface area contributed by atoms with E-state index in [0.717, 1.165) is 23.4 Å². The van der Waals surface area contributed by atoms with Crippen LogP contribution in [0.25, 0.3) is 0 Å². The SMILES string of the molecule is CCNC(C)c1ccccc1OCc1cccc(C#N)c1. The lowest BCUT2D eigenvalue weighted by molar-refractivity contribution is 0.300. The van der Waals surface area contributed by atoms with Crippen LogP contribution in [0.1, 0.15) is 36.6 Å². The second-order valence-electron chi connectivity index (χ2n) is 4.92. The lowest BCUT2D eigenvalue weighted by Crippen LogP contribution is -2.18. The van der Waals surface area contributed by atoms with Crippen molar-refractivity contribution in [1.82, 2.24) is 5.32 Å². The van der Waals surface area contributed by atoms with E-state index in [4.69, 9.17) is 10.00 Å². The van der Waals surface area contributed by atoms with E-state index in [1.165, 1.54) is 0 Å². The highest BCUT2D eigenvalue weighted by Crippen LogP contribution is 2.25. The van der Waals surface area contributed by atoms with Crippen LogP contribution in [0.4, 0.5) is 0 Å². The maximum absolute atomic E-state index is 8.92. The van der Waals surface area contributed by atoms with Crippen molar-refractivity contribution in [2.24, 2.45) is 0 Å². The second-order valence-corrected chi connectivity index (χ2v) is 4.92. The van der Waals surface area contributed by atoms with Crippen LogP contribution in [-0.4, -0.2) is 6.54 Å². The van der Waals surface area contributed by atoms with Crippen LogP contribution in [0.2, 0.25) is 0 Å². The number of para-hydroxylation sites is 1. The molecule has 0 radical (unpaired) electrons. The van der Waals surface area contributed by atoms with E-state index in [1.54, 1.807) is 6.07 Å². The first-order valence-corrected chi connectivity index (χ1v) is 7.18. The van der Waals surface area contributed by atoms with E-state index in [9.17, 15) is 0 Å². The average molecular weight is 280 g/mol. The number of nitriles is 1. The third-order valence-electron chi connectivity index (χ3n) is 3.35. The van der Waals surface area contributed by atoms with Crippen molar-refractivity contribution in [2.45, 2.75) is 26.5 Å². The fourth-order valence-corrected chi connectivity index (χ4v) is 2.28. The van der Waals surface area contributed by atoms with Crippen LogP contribution in [-0.2, 0) is 6.61 Å². The number of ether oxygens (including phenoxy) is 1. The Morgan fingerprint density at radius 3 is 2.76 bits per heavy atom. The molecule has 0 heterocycles. The normalized spacial score (nSPS) is 11.7. The number of hydrogen-bond acceptors (Lipinski definition) is 3. The number of rotatable bonds is 6. The summed E-state index contributed by atoms with van der Waals surface area (Å²) in [6, 6.07) is 18.0. The molecule has 108 valence electrons. The van der Waals surface area contributed by atoms with Crippen LogP contribution in [0, 0.1) is 11.3 Å². The van der Waals surface area contributed by atoms with Gasteiger partial charge in [0.1, 0.15) is 12.4 Å². The topological polar surface area (TPSA) is 45.0 Å². The monoisotopic (exact) mass is 280 g/mol. The lowest BCUT2D eigenvalue weighted by atomic mass is 10.1. The average Bonchev–Trinajstić information content (AvgIpc) is 2.53. The molecule has 1 N–H and O–H groups in total. The van der Waals surface area contributed by atoms with Crippen molar-refractivity contribution < 1.29 is 4.74 Å². The molecular formula is C18H20N2O. The first-order valence-electron chi connectivity index (χ1n) is 7.18. The maximum Gasteiger partial charge on any atom is 0.124 e. The van der Waals surface area contributed by atoms with Gasteiger partial charge in [-0.1, -0.05) is 37.3 Å². The zero-order chi connectivity index (χ0) is 15.1. The van der Waals surface area contributed by atoms with Gasteiger partial charge >= 0.3 is 0 Å². The first kappa shape index (κ1) is 15.1. The summed E-state index contributed by atoms with van der Waals surface area (Å²) < 4.78 is 5.94. The summed E-state index contributed by atoms with van der Waals surface area (Å²) in [6.07, 6.45) is 0. The molecule has 0 spiro atoms. The van der Waals surface area contributed by atoms with Crippen molar-refractivity contribution in [3.05, 3.63) is 65.2 Å². The number of nitrogens with zero attached hydrogens (tertiary/aromatic N) is 1. The van der Waals surface area contributed by atoms with Gasteiger partial charge in [-0.25, -0.2) is 0 Å². The summed E-state index contributed by atoms with van der Waals surface area (Å²) in [4.78, 5) is 0. The molecule has 0 saturated carbocycles. The minimum absolute atomic E-state index is 0.247. The van der Waals surface area contributed by atoms with Gasteiger partial charge in [0.05, 0.1) is 11.6 Å². The molecule has 0 aromatic heterocycles. The van der Waals surface area contributed by atoms with E-state index in [0.29, 0.717) is 12.2 Å². The minimum atomic E-state index is 0.247. The molecule has 0 amide bonds. The van der Waals surface area contributed by atoms with Crippen LogP contribution in [0.3, 0.4) is 0 Å². The van der Waals surface area contributed by atoms with Gasteiger partial charge in [-0.15, -0.1) is 0 Å². The molecule has 2 rings (SSSR count). The van der Waals surface area contributed by atoms with E-state index >= 15 is 0 Å². The molecule has 3 nitrogen and oxygen atoms in total. The van der Waals surface area contributed by atoms with Crippen LogP contribution in [0.15, 0.2) is 48.5 Å². The van der Waals surface area contributed by atoms with Gasteiger partial charge in [0, 0.05) is 11.6 Å². The highest BCUT2D eigenvalue weighted by molar-refractivity contribution is 5.37. The number of benzene rings is 2. The molecule has 0 bridgehead atoms. The molecule has 2 aromatic rings. The van der Waals surface area contributed by atoms with E-state index < -0.39 is 0 Å². The smallest absolute Gasteiger partial charge is 0.124 e. The zero-order valence-corrected chi connectivity index (χ0v) is 12.5. The molecule has 0 aliphatic carbocycles. The van der Waals surface area contributed by atoms with Crippen molar-refractivity contribution >= 4 is 0 Å². The molecule has 0 aliphatic heterocycles. The Labute approximate surface area is 126 Å². The van der Waals surface area contributed by atoms with E-state index in [1.807, 2.05) is 36.4 Å². The fraction of sp³-hybridized carbons (Fsp3) is 0.278. The predicted molar refractivity (Wildman–Crippen MR) is 84.0 cm³/mol. The number of hydrogen-bond donors (Lipinski definition) is 1. The van der Waals surface area contributed by atoms with Gasteiger partial charge in [-0.2, -0.15) is 5.26 Å². The van der Waals surface area contributed by atoms with Gasteiger partial charge in [0.2, 0.25) is 0 Å². The van der Waals surface area contributed by atoms with Crippen molar-refractivity contribution in [1.29, 1.82) is 5.26 Å². The van der Waals surface area contributed by atoms with Crippen molar-refractivity contribution in [3.63, 3.8) is 0 Å². The van der Waals surface area contributed by atoms with Crippen molar-refractivity contribution in [2.75, 3.05) is 6.54 Å². The molecule has 0 saturated heterocycles. The molecule has 1 atom stereocenters. The quantitative estimate of drug-likeness (QED) is 0.875. The Bertz CT molecular complexity index is 631. The standard InChI is InChI=1S/C18H20N2O/c1-3-20-14(2)17-9-4-5-10-18(17)21-13-16-8-6-7-15(11-16)12-19/h4-11,14,20H,3,13H2,1-2H3. The molecule has 3 heteroatoms. The largest absolute Gasteiger partial charge is 0.489 e. The minimum Gasteiger partial charge on any atom is -0.489 e.